The molecule has 23 heavy (non-hydrogen) atoms. The maximum atomic E-state index is 13.0. The molecule has 1 fully saturated rings. The van der Waals surface area contributed by atoms with Gasteiger partial charge in [0.2, 0.25) is 0 Å². The third kappa shape index (κ3) is 3.79. The molecule has 1 aromatic heterocycles. The van der Waals surface area contributed by atoms with Crippen LogP contribution in [0.25, 0.3) is 5.69 Å². The Labute approximate surface area is 137 Å². The summed E-state index contributed by atoms with van der Waals surface area (Å²) in [5.74, 6) is 0.406. The lowest BCUT2D eigenvalue weighted by atomic mass is 9.90. The molecule has 4 nitrogen and oxygen atoms in total. The minimum absolute atomic E-state index is 0.229. The Morgan fingerprint density at radius 3 is 2.70 bits per heavy atom. The summed E-state index contributed by atoms with van der Waals surface area (Å²) in [6.45, 7) is 6.48. The van der Waals surface area contributed by atoms with E-state index in [0.717, 1.165) is 30.9 Å². The first-order valence-electron chi connectivity index (χ1n) is 8.27. The fraction of sp³-hybridized carbons (Fsp3) is 0.500. The Hall–Kier alpha value is -1.72. The van der Waals surface area contributed by atoms with Crippen molar-refractivity contribution in [2.24, 2.45) is 5.92 Å². The zero-order valence-corrected chi connectivity index (χ0v) is 14.0. The molecule has 3 unspecified atom stereocenters. The van der Waals surface area contributed by atoms with Gasteiger partial charge in [-0.05, 0) is 56.6 Å². The molecular formula is C18H25FN4. The van der Waals surface area contributed by atoms with Gasteiger partial charge in [0.25, 0.3) is 0 Å². The van der Waals surface area contributed by atoms with E-state index in [-0.39, 0.29) is 5.82 Å². The molecular weight excluding hydrogens is 291 g/mol. The van der Waals surface area contributed by atoms with Gasteiger partial charge in [-0.15, -0.1) is 0 Å². The van der Waals surface area contributed by atoms with Crippen LogP contribution in [-0.4, -0.2) is 40.4 Å². The van der Waals surface area contributed by atoms with Crippen molar-refractivity contribution in [1.29, 1.82) is 0 Å². The minimum Gasteiger partial charge on any atom is -0.308 e. The van der Waals surface area contributed by atoms with Crippen LogP contribution < -0.4 is 5.32 Å². The molecule has 1 aliphatic heterocycles. The number of piperidine rings is 1. The summed E-state index contributed by atoms with van der Waals surface area (Å²) < 4.78 is 14.8. The Balaban J connectivity index is 1.60. The lowest BCUT2D eigenvalue weighted by Crippen LogP contribution is -2.50. The minimum atomic E-state index is -0.229. The van der Waals surface area contributed by atoms with Crippen LogP contribution in [0.15, 0.2) is 36.5 Å². The smallest absolute Gasteiger partial charge is 0.123 e. The fourth-order valence-electron chi connectivity index (χ4n) is 3.25. The molecule has 1 saturated heterocycles. The standard InChI is InChI=1S/C18H25FN4/c1-13-12-22(3)14(2)10-18(13)20-11-16-8-9-23(21-16)17-6-4-15(19)5-7-17/h4-9,13-14,18,20H,10-12H2,1-3H3. The van der Waals surface area contributed by atoms with E-state index >= 15 is 0 Å². The van der Waals surface area contributed by atoms with Gasteiger partial charge in [0, 0.05) is 31.4 Å². The first kappa shape index (κ1) is 16.1. The predicted molar refractivity (Wildman–Crippen MR) is 90.0 cm³/mol. The van der Waals surface area contributed by atoms with Gasteiger partial charge in [-0.25, -0.2) is 9.07 Å². The van der Waals surface area contributed by atoms with E-state index in [1.165, 1.54) is 12.1 Å². The SMILES string of the molecule is CC1CN(C)C(C)CC1NCc1ccn(-c2ccc(F)cc2)n1. The highest BCUT2D eigenvalue weighted by molar-refractivity contribution is 5.31. The summed E-state index contributed by atoms with van der Waals surface area (Å²) in [6, 6.07) is 9.53. The summed E-state index contributed by atoms with van der Waals surface area (Å²) >= 11 is 0. The molecule has 2 heterocycles. The second-order valence-corrected chi connectivity index (χ2v) is 6.72. The predicted octanol–water partition coefficient (Wildman–Crippen LogP) is 2.83. The molecule has 2 aromatic rings. The van der Waals surface area contributed by atoms with E-state index in [9.17, 15) is 4.39 Å². The van der Waals surface area contributed by atoms with E-state index in [2.05, 4.69) is 36.2 Å². The van der Waals surface area contributed by atoms with Gasteiger partial charge in [0.15, 0.2) is 0 Å². The van der Waals surface area contributed by atoms with Crippen LogP contribution in [0.1, 0.15) is 26.0 Å². The van der Waals surface area contributed by atoms with Gasteiger partial charge in [-0.1, -0.05) is 6.92 Å². The number of hydrogen-bond acceptors (Lipinski definition) is 3. The average Bonchev–Trinajstić information content (AvgIpc) is 2.99. The number of nitrogens with zero attached hydrogens (tertiary/aromatic N) is 3. The number of benzene rings is 1. The second-order valence-electron chi connectivity index (χ2n) is 6.72. The van der Waals surface area contributed by atoms with Crippen molar-refractivity contribution in [3.63, 3.8) is 0 Å². The summed E-state index contributed by atoms with van der Waals surface area (Å²) in [5, 5.41) is 8.22. The molecule has 0 radical (unpaired) electrons. The quantitative estimate of drug-likeness (QED) is 0.941. The molecule has 3 rings (SSSR count). The Morgan fingerprint density at radius 2 is 1.96 bits per heavy atom. The Morgan fingerprint density at radius 1 is 1.22 bits per heavy atom. The normalized spacial score (nSPS) is 25.7. The molecule has 124 valence electrons. The maximum Gasteiger partial charge on any atom is 0.123 e. The van der Waals surface area contributed by atoms with E-state index in [4.69, 9.17) is 0 Å². The van der Waals surface area contributed by atoms with Crippen LogP contribution in [0.3, 0.4) is 0 Å². The molecule has 1 N–H and O–H groups in total. The number of hydrogen-bond donors (Lipinski definition) is 1. The summed E-state index contributed by atoms with van der Waals surface area (Å²) in [6.07, 6.45) is 3.08. The summed E-state index contributed by atoms with van der Waals surface area (Å²) in [7, 11) is 2.20. The summed E-state index contributed by atoms with van der Waals surface area (Å²) in [5.41, 5.74) is 1.88. The van der Waals surface area contributed by atoms with Crippen molar-refractivity contribution < 1.29 is 4.39 Å². The van der Waals surface area contributed by atoms with Crippen LogP contribution in [-0.2, 0) is 6.54 Å². The topological polar surface area (TPSA) is 33.1 Å². The van der Waals surface area contributed by atoms with Crippen molar-refractivity contribution >= 4 is 0 Å². The first-order valence-corrected chi connectivity index (χ1v) is 8.27. The molecule has 1 aliphatic rings. The zero-order chi connectivity index (χ0) is 16.4. The van der Waals surface area contributed by atoms with Crippen LogP contribution in [0, 0.1) is 11.7 Å². The van der Waals surface area contributed by atoms with E-state index in [1.54, 1.807) is 16.8 Å². The van der Waals surface area contributed by atoms with Gasteiger partial charge in [0.1, 0.15) is 5.82 Å². The monoisotopic (exact) mass is 316 g/mol. The highest BCUT2D eigenvalue weighted by Gasteiger charge is 2.28. The van der Waals surface area contributed by atoms with Crippen LogP contribution in [0.4, 0.5) is 4.39 Å². The van der Waals surface area contributed by atoms with Crippen molar-refractivity contribution in [3.05, 3.63) is 48.0 Å². The highest BCUT2D eigenvalue weighted by Crippen LogP contribution is 2.21. The van der Waals surface area contributed by atoms with Crippen molar-refractivity contribution in [2.75, 3.05) is 13.6 Å². The number of rotatable bonds is 4. The molecule has 3 atom stereocenters. The van der Waals surface area contributed by atoms with Crippen molar-refractivity contribution in [3.8, 4) is 5.69 Å². The molecule has 0 saturated carbocycles. The van der Waals surface area contributed by atoms with E-state index in [0.29, 0.717) is 18.0 Å². The van der Waals surface area contributed by atoms with Crippen molar-refractivity contribution in [1.82, 2.24) is 20.0 Å². The highest BCUT2D eigenvalue weighted by atomic mass is 19.1. The second kappa shape index (κ2) is 6.81. The van der Waals surface area contributed by atoms with Crippen LogP contribution >= 0.6 is 0 Å². The average molecular weight is 316 g/mol. The van der Waals surface area contributed by atoms with Gasteiger partial charge < -0.3 is 10.2 Å². The molecule has 0 spiro atoms. The molecule has 0 bridgehead atoms. The number of aromatic nitrogens is 2. The van der Waals surface area contributed by atoms with Crippen LogP contribution in [0.5, 0.6) is 0 Å². The van der Waals surface area contributed by atoms with Gasteiger partial charge in [-0.2, -0.15) is 5.10 Å². The first-order chi connectivity index (χ1) is 11.0. The molecule has 0 amide bonds. The zero-order valence-electron chi connectivity index (χ0n) is 14.0. The maximum absolute atomic E-state index is 13.0. The van der Waals surface area contributed by atoms with Gasteiger partial charge in [0.05, 0.1) is 11.4 Å². The Kier molecular flexibility index (Phi) is 4.78. The lowest BCUT2D eigenvalue weighted by Gasteiger charge is -2.40. The summed E-state index contributed by atoms with van der Waals surface area (Å²) in [4.78, 5) is 2.42. The van der Waals surface area contributed by atoms with Crippen LogP contribution in [0.2, 0.25) is 0 Å². The lowest BCUT2D eigenvalue weighted by molar-refractivity contribution is 0.121. The van der Waals surface area contributed by atoms with E-state index in [1.807, 2.05) is 12.3 Å². The number of halogens is 1. The van der Waals surface area contributed by atoms with Gasteiger partial charge in [-0.3, -0.25) is 0 Å². The third-order valence-corrected chi connectivity index (χ3v) is 4.89. The molecule has 0 aliphatic carbocycles. The number of likely N-dealkylation sites (tertiary alicyclic amines) is 1. The van der Waals surface area contributed by atoms with E-state index < -0.39 is 0 Å². The molecule has 1 aromatic carbocycles. The largest absolute Gasteiger partial charge is 0.308 e. The third-order valence-electron chi connectivity index (χ3n) is 4.89. The fourth-order valence-corrected chi connectivity index (χ4v) is 3.25. The Bertz CT molecular complexity index is 637. The van der Waals surface area contributed by atoms with Gasteiger partial charge >= 0.3 is 0 Å². The molecule has 5 heteroatoms. The number of nitrogens with one attached hydrogen (secondary N) is 1. The van der Waals surface area contributed by atoms with Crippen molar-refractivity contribution in [2.45, 2.75) is 38.9 Å².